The largest absolute Gasteiger partial charge is 0.481 e. The second kappa shape index (κ2) is 14.1. The predicted octanol–water partition coefficient (Wildman–Crippen LogP) is 4.22. The Morgan fingerprint density at radius 1 is 1.12 bits per heavy atom. The van der Waals surface area contributed by atoms with E-state index in [4.69, 9.17) is 9.84 Å². The number of nitrogens with one attached hydrogen (secondary N) is 1. The van der Waals surface area contributed by atoms with Gasteiger partial charge < -0.3 is 20.1 Å². The number of hydrogen-bond donors (Lipinski definition) is 2. The van der Waals surface area contributed by atoms with Crippen LogP contribution in [-0.4, -0.2) is 55.2 Å². The molecule has 0 aliphatic heterocycles. The Balaban J connectivity index is 2.13. The fourth-order valence-electron chi connectivity index (χ4n) is 3.20. The van der Waals surface area contributed by atoms with Crippen molar-refractivity contribution in [3.8, 4) is 0 Å². The van der Waals surface area contributed by atoms with Crippen molar-refractivity contribution in [2.75, 3.05) is 27.2 Å². The zero-order valence-corrected chi connectivity index (χ0v) is 18.5. The summed E-state index contributed by atoms with van der Waals surface area (Å²) in [5, 5.41) is 11.7. The summed E-state index contributed by atoms with van der Waals surface area (Å²) in [5.74, 6) is -2.42. The molecule has 1 atom stereocenters. The van der Waals surface area contributed by atoms with Crippen molar-refractivity contribution in [2.45, 2.75) is 63.8 Å². The van der Waals surface area contributed by atoms with Gasteiger partial charge in [0.1, 0.15) is 5.82 Å². The number of carbonyl (C=O) groups is 2. The van der Waals surface area contributed by atoms with Gasteiger partial charge in [-0.3, -0.25) is 9.59 Å². The number of likely N-dealkylation sites (N-methyl/N-ethyl adjacent to an activating group) is 1. The number of amides is 1. The molecule has 182 valence electrons. The average Bonchev–Trinajstić information content (AvgIpc) is 2.64. The summed E-state index contributed by atoms with van der Waals surface area (Å²) in [5.41, 5.74) is -0.943. The second-order valence-corrected chi connectivity index (χ2v) is 8.01. The van der Waals surface area contributed by atoms with Crippen LogP contribution in [0.25, 0.3) is 0 Å². The van der Waals surface area contributed by atoms with Crippen LogP contribution in [0.2, 0.25) is 0 Å². The number of halogens is 4. The van der Waals surface area contributed by atoms with Gasteiger partial charge in [-0.05, 0) is 44.6 Å². The SMILES string of the molecule is CN(C)C[C@@H](CC(=O)O)NC(=O)CCCCCCCOCc1ccc(C(F)(F)F)c(F)c1. The molecule has 0 bridgehead atoms. The highest BCUT2D eigenvalue weighted by Crippen LogP contribution is 2.31. The van der Waals surface area contributed by atoms with E-state index < -0.39 is 29.6 Å². The third-order valence-electron chi connectivity index (χ3n) is 4.67. The van der Waals surface area contributed by atoms with Crippen molar-refractivity contribution in [1.82, 2.24) is 10.2 Å². The van der Waals surface area contributed by atoms with Gasteiger partial charge in [-0.15, -0.1) is 0 Å². The number of rotatable bonds is 15. The van der Waals surface area contributed by atoms with Crippen LogP contribution in [0.3, 0.4) is 0 Å². The fourth-order valence-corrected chi connectivity index (χ4v) is 3.20. The zero-order valence-electron chi connectivity index (χ0n) is 18.5. The molecule has 0 saturated heterocycles. The minimum Gasteiger partial charge on any atom is -0.481 e. The van der Waals surface area contributed by atoms with E-state index in [1.807, 2.05) is 19.0 Å². The van der Waals surface area contributed by atoms with Gasteiger partial charge in [0.15, 0.2) is 0 Å². The number of benzene rings is 1. The summed E-state index contributed by atoms with van der Waals surface area (Å²) in [6, 6.07) is 2.34. The normalized spacial score (nSPS) is 12.7. The van der Waals surface area contributed by atoms with Crippen LogP contribution in [0.5, 0.6) is 0 Å². The quantitative estimate of drug-likeness (QED) is 0.300. The van der Waals surface area contributed by atoms with E-state index >= 15 is 0 Å². The summed E-state index contributed by atoms with van der Waals surface area (Å²) in [6.45, 7) is 0.904. The Kier molecular flexibility index (Phi) is 12.2. The minimum absolute atomic E-state index is 0.0414. The molecular weight excluding hydrogens is 432 g/mol. The van der Waals surface area contributed by atoms with Gasteiger partial charge in [0.05, 0.1) is 24.6 Å². The Morgan fingerprint density at radius 2 is 1.78 bits per heavy atom. The topological polar surface area (TPSA) is 78.9 Å². The van der Waals surface area contributed by atoms with Crippen molar-refractivity contribution in [1.29, 1.82) is 0 Å². The first-order chi connectivity index (χ1) is 15.0. The van der Waals surface area contributed by atoms with Crippen LogP contribution in [0.1, 0.15) is 56.1 Å². The minimum atomic E-state index is -4.71. The number of aliphatic carboxylic acids is 1. The van der Waals surface area contributed by atoms with Crippen LogP contribution in [0.15, 0.2) is 18.2 Å². The zero-order chi connectivity index (χ0) is 24.1. The molecule has 0 fully saturated rings. The summed E-state index contributed by atoms with van der Waals surface area (Å²) in [6.07, 6.45) is -0.459. The van der Waals surface area contributed by atoms with Crippen molar-refractivity contribution in [3.63, 3.8) is 0 Å². The number of alkyl halides is 3. The number of ether oxygens (including phenoxy) is 1. The lowest BCUT2D eigenvalue weighted by molar-refractivity contribution is -0.140. The molecule has 0 spiro atoms. The average molecular weight is 465 g/mol. The molecule has 0 heterocycles. The molecule has 0 saturated carbocycles. The molecule has 0 unspecified atom stereocenters. The van der Waals surface area contributed by atoms with Crippen LogP contribution < -0.4 is 5.32 Å². The van der Waals surface area contributed by atoms with E-state index in [1.165, 1.54) is 6.07 Å². The van der Waals surface area contributed by atoms with Gasteiger partial charge in [-0.1, -0.05) is 25.3 Å². The van der Waals surface area contributed by atoms with Crippen LogP contribution >= 0.6 is 0 Å². The van der Waals surface area contributed by atoms with Gasteiger partial charge >= 0.3 is 12.1 Å². The summed E-state index contributed by atoms with van der Waals surface area (Å²) in [4.78, 5) is 24.7. The Morgan fingerprint density at radius 3 is 2.38 bits per heavy atom. The first-order valence-electron chi connectivity index (χ1n) is 10.6. The van der Waals surface area contributed by atoms with E-state index in [1.54, 1.807) is 0 Å². The molecule has 1 rings (SSSR count). The molecule has 10 heteroatoms. The lowest BCUT2D eigenvalue weighted by Gasteiger charge is -2.20. The van der Waals surface area contributed by atoms with E-state index in [0.29, 0.717) is 37.6 Å². The maximum Gasteiger partial charge on any atom is 0.419 e. The number of nitrogens with zero attached hydrogens (tertiary/aromatic N) is 1. The molecule has 0 radical (unpaired) electrons. The number of carboxylic acids is 1. The number of carbonyl (C=O) groups excluding carboxylic acids is 1. The predicted molar refractivity (Wildman–Crippen MR) is 111 cm³/mol. The molecule has 0 aromatic heterocycles. The molecule has 2 N–H and O–H groups in total. The first-order valence-corrected chi connectivity index (χ1v) is 10.6. The van der Waals surface area contributed by atoms with Crippen molar-refractivity contribution in [2.24, 2.45) is 0 Å². The first kappa shape index (κ1) is 27.8. The van der Waals surface area contributed by atoms with Gasteiger partial charge in [-0.25, -0.2) is 4.39 Å². The van der Waals surface area contributed by atoms with E-state index in [0.717, 1.165) is 31.7 Å². The number of unbranched alkanes of at least 4 members (excludes halogenated alkanes) is 4. The number of carboxylic acid groups (broad SMARTS) is 1. The highest BCUT2D eigenvalue weighted by atomic mass is 19.4. The van der Waals surface area contributed by atoms with Crippen LogP contribution in [0.4, 0.5) is 17.6 Å². The number of hydrogen-bond acceptors (Lipinski definition) is 4. The van der Waals surface area contributed by atoms with Crippen LogP contribution in [0, 0.1) is 5.82 Å². The second-order valence-electron chi connectivity index (χ2n) is 8.01. The lowest BCUT2D eigenvalue weighted by atomic mass is 10.1. The fraction of sp³-hybridized carbons (Fsp3) is 0.636. The monoisotopic (exact) mass is 464 g/mol. The maximum absolute atomic E-state index is 13.5. The van der Waals surface area contributed by atoms with Gasteiger partial charge in [-0.2, -0.15) is 13.2 Å². The van der Waals surface area contributed by atoms with E-state index in [2.05, 4.69) is 5.32 Å². The van der Waals surface area contributed by atoms with Gasteiger partial charge in [0, 0.05) is 19.6 Å². The molecule has 0 aliphatic carbocycles. The Labute approximate surface area is 185 Å². The summed E-state index contributed by atoms with van der Waals surface area (Å²) in [7, 11) is 3.62. The molecule has 1 aromatic carbocycles. The standard InChI is InChI=1S/C22H32F4N2O4/c1-28(2)14-17(13-21(30)31)27-20(29)8-6-4-3-5-7-11-32-15-16-9-10-18(19(23)12-16)22(24,25)26/h9-10,12,17H,3-8,11,13-15H2,1-2H3,(H,27,29)(H,30,31)/t17-/m1/s1. The molecule has 1 aromatic rings. The lowest BCUT2D eigenvalue weighted by Crippen LogP contribution is -2.42. The Bertz CT molecular complexity index is 726. The maximum atomic E-state index is 13.5. The summed E-state index contributed by atoms with van der Waals surface area (Å²) < 4.78 is 56.5. The Hall–Kier alpha value is -2.20. The molecular formula is C22H32F4N2O4. The van der Waals surface area contributed by atoms with E-state index in [-0.39, 0.29) is 18.9 Å². The molecule has 6 nitrogen and oxygen atoms in total. The van der Waals surface area contributed by atoms with Crippen molar-refractivity contribution in [3.05, 3.63) is 35.1 Å². The van der Waals surface area contributed by atoms with Gasteiger partial charge in [0.2, 0.25) is 5.91 Å². The van der Waals surface area contributed by atoms with Crippen molar-refractivity contribution >= 4 is 11.9 Å². The highest BCUT2D eigenvalue weighted by Gasteiger charge is 2.33. The third-order valence-corrected chi connectivity index (χ3v) is 4.67. The molecule has 32 heavy (non-hydrogen) atoms. The summed E-state index contributed by atoms with van der Waals surface area (Å²) >= 11 is 0. The van der Waals surface area contributed by atoms with E-state index in [9.17, 15) is 27.2 Å². The van der Waals surface area contributed by atoms with Crippen LogP contribution in [-0.2, 0) is 27.1 Å². The molecule has 1 amide bonds. The van der Waals surface area contributed by atoms with Gasteiger partial charge in [0.25, 0.3) is 0 Å². The third kappa shape index (κ3) is 12.0. The highest BCUT2D eigenvalue weighted by molar-refractivity contribution is 5.77. The molecule has 0 aliphatic rings. The van der Waals surface area contributed by atoms with Crippen molar-refractivity contribution < 1.29 is 37.0 Å². The smallest absolute Gasteiger partial charge is 0.419 e.